The summed E-state index contributed by atoms with van der Waals surface area (Å²) in [5.41, 5.74) is 53.6. The van der Waals surface area contributed by atoms with E-state index in [1.165, 1.54) is 0 Å². The van der Waals surface area contributed by atoms with Crippen molar-refractivity contribution < 1.29 is 67.9 Å². The number of nitrogens with one attached hydrogen (secondary N) is 10. The fourth-order valence-corrected chi connectivity index (χ4v) is 10.3. The van der Waals surface area contributed by atoms with Gasteiger partial charge < -0.3 is 130 Å². The van der Waals surface area contributed by atoms with Gasteiger partial charge in [0, 0.05) is 133 Å². The van der Waals surface area contributed by atoms with E-state index in [1.807, 2.05) is 0 Å². The number of carbonyl (C=O) groups excluding carboxylic acids is 9. The van der Waals surface area contributed by atoms with Crippen LogP contribution in [-0.2, 0) is 47.8 Å². The van der Waals surface area contributed by atoms with E-state index in [1.54, 1.807) is 0 Å². The van der Waals surface area contributed by atoms with Crippen LogP contribution in [0.5, 0.6) is 0 Å². The smallest absolute Gasteiger partial charge is 0.404 e. The molecule has 9 amide bonds. The van der Waals surface area contributed by atoms with Gasteiger partial charge in [-0.15, -0.1) is 0 Å². The van der Waals surface area contributed by atoms with Gasteiger partial charge in [-0.05, 0) is 96.4 Å². The highest BCUT2D eigenvalue weighted by atomic mass is 16.6. The highest BCUT2D eigenvalue weighted by Gasteiger charge is 2.50. The number of ether oxygens (including phenoxy) is 2. The van der Waals surface area contributed by atoms with Crippen molar-refractivity contribution in [3.8, 4) is 0 Å². The van der Waals surface area contributed by atoms with Crippen molar-refractivity contribution >= 4 is 59.3 Å². The average Bonchev–Trinajstić information content (AvgIpc) is 2.31. The number of aliphatic hydroxyl groups excluding tert-OH is 3. The van der Waals surface area contributed by atoms with Crippen molar-refractivity contribution in [1.82, 2.24) is 53.2 Å². The zero-order chi connectivity index (χ0) is 65.8. The Morgan fingerprint density at radius 2 is 0.888 bits per heavy atom. The van der Waals surface area contributed by atoms with Crippen molar-refractivity contribution in [1.29, 1.82) is 0 Å². The maximum Gasteiger partial charge on any atom is 0.404 e. The van der Waals surface area contributed by atoms with E-state index in [2.05, 4.69) is 58.2 Å². The van der Waals surface area contributed by atoms with Crippen LogP contribution in [0.3, 0.4) is 0 Å². The molecule has 2 fully saturated rings. The summed E-state index contributed by atoms with van der Waals surface area (Å²) in [4.78, 5) is 116. The minimum absolute atomic E-state index is 0.00243. The summed E-state index contributed by atoms with van der Waals surface area (Å²) < 4.78 is 10.9. The molecule has 0 aromatic heterocycles. The molecule has 3 aliphatic heterocycles. The number of rotatable bonds is 45. The number of β-amino-alcohol motifs (C(OH)–C–C–N with tert-alkyl or cyclic N) is 1. The lowest BCUT2D eigenvalue weighted by molar-refractivity contribution is -0.198. The van der Waals surface area contributed by atoms with E-state index in [0.717, 1.165) is 6.42 Å². The molecule has 0 spiro atoms. The van der Waals surface area contributed by atoms with Gasteiger partial charge in [0.25, 0.3) is 0 Å². The predicted molar refractivity (Wildman–Crippen MR) is 328 cm³/mol. The molecule has 510 valence electrons. The van der Waals surface area contributed by atoms with Crippen molar-refractivity contribution in [3.05, 3.63) is 0 Å². The van der Waals surface area contributed by atoms with Gasteiger partial charge in [-0.1, -0.05) is 0 Å². The minimum Gasteiger partial charge on any atom is -0.441 e. The molecule has 15 atom stereocenters. The first-order valence-corrected chi connectivity index (χ1v) is 31.2. The van der Waals surface area contributed by atoms with Crippen LogP contribution in [-0.4, -0.2) is 225 Å². The third kappa shape index (κ3) is 32.4. The number of guanidine groups is 1. The Bertz CT molecular complexity index is 2230. The average molecular weight is 1270 g/mol. The van der Waals surface area contributed by atoms with Crippen molar-refractivity contribution in [3.63, 3.8) is 0 Å². The Morgan fingerprint density at radius 3 is 1.20 bits per heavy atom. The maximum atomic E-state index is 13.2. The van der Waals surface area contributed by atoms with E-state index >= 15 is 0 Å². The quantitative estimate of drug-likeness (QED) is 0.0252. The maximum absolute atomic E-state index is 13.2. The second kappa shape index (κ2) is 42.7. The van der Waals surface area contributed by atoms with Crippen LogP contribution < -0.4 is 105 Å². The van der Waals surface area contributed by atoms with Crippen LogP contribution in [0.25, 0.3) is 0 Å². The van der Waals surface area contributed by atoms with Crippen LogP contribution in [0.1, 0.15) is 135 Å². The normalized spacial score (nSPS) is 22.8. The van der Waals surface area contributed by atoms with Gasteiger partial charge in [-0.3, -0.25) is 38.4 Å². The van der Waals surface area contributed by atoms with Gasteiger partial charge in [0.1, 0.15) is 18.2 Å². The number of hydrogen-bond acceptors (Lipinski definition) is 25. The SMILES string of the molecule is NCCCC(N)CC(=O)NCCCC(N)CC(=O)NCCCC(N)CC(=O)NCCCC(N)CC(=O)NCCCC(N)CC(=O)NCCCC(N)CC(=O)NCCCC(N)CC(=O)N[C@@H]1[C@@H](O)[C@H](OC(N)=O)[C@@H](CO)O[C@H]1NC1=NC2C(=O)NCC(O)C2N1. The highest BCUT2D eigenvalue weighted by Crippen LogP contribution is 2.24. The molecule has 0 aromatic carbocycles. The Hall–Kier alpha value is -6.18. The van der Waals surface area contributed by atoms with Crippen LogP contribution in [0.15, 0.2) is 4.99 Å². The summed E-state index contributed by atoms with van der Waals surface area (Å²) in [6.45, 7) is 1.99. The van der Waals surface area contributed by atoms with Gasteiger partial charge in [-0.2, -0.15) is 0 Å². The fraction of sp³-hybridized carbons (Fsp3) is 0.818. The van der Waals surface area contributed by atoms with Gasteiger partial charge in [-0.25, -0.2) is 9.79 Å². The van der Waals surface area contributed by atoms with E-state index in [-0.39, 0.29) is 118 Å². The van der Waals surface area contributed by atoms with Crippen molar-refractivity contribution in [2.24, 2.45) is 56.6 Å². The number of amides is 9. The second-order valence-corrected chi connectivity index (χ2v) is 23.4. The molecule has 3 rings (SSSR count). The van der Waals surface area contributed by atoms with Crippen LogP contribution in [0, 0.1) is 0 Å². The number of nitrogens with two attached hydrogens (primary N) is 9. The number of aliphatic hydroxyl groups is 3. The lowest BCUT2D eigenvalue weighted by atomic mass is 9.95. The Labute approximate surface area is 520 Å². The number of carbonyl (C=O) groups is 9. The first-order chi connectivity index (χ1) is 42.4. The van der Waals surface area contributed by atoms with Crippen LogP contribution in [0.4, 0.5) is 4.79 Å². The Kier molecular flexibility index (Phi) is 37.0. The first kappa shape index (κ1) is 77.1. The zero-order valence-electron chi connectivity index (χ0n) is 51.3. The summed E-state index contributed by atoms with van der Waals surface area (Å²) in [5.74, 6) is -2.28. The molecule has 34 heteroatoms. The third-order valence-corrected chi connectivity index (χ3v) is 15.2. The molecule has 0 aliphatic carbocycles. The van der Waals surface area contributed by atoms with Crippen molar-refractivity contribution in [2.75, 3.05) is 59.0 Å². The van der Waals surface area contributed by atoms with Gasteiger partial charge in [0.05, 0.1) is 18.8 Å². The summed E-state index contributed by atoms with van der Waals surface area (Å²) in [7, 11) is 0. The van der Waals surface area contributed by atoms with E-state index in [0.29, 0.717) is 123 Å². The predicted octanol–water partition coefficient (Wildman–Crippen LogP) is -8.07. The number of fused-ring (bicyclic) bond motifs is 1. The molecule has 3 heterocycles. The van der Waals surface area contributed by atoms with E-state index < -0.39 is 97.5 Å². The van der Waals surface area contributed by atoms with Gasteiger partial charge >= 0.3 is 6.09 Å². The fourth-order valence-electron chi connectivity index (χ4n) is 10.3. The first-order valence-electron chi connectivity index (χ1n) is 31.2. The van der Waals surface area contributed by atoms with Gasteiger partial charge in [0.15, 0.2) is 24.3 Å². The Balaban J connectivity index is 1.16. The Morgan fingerprint density at radius 1 is 0.551 bits per heavy atom. The lowest BCUT2D eigenvalue weighted by Gasteiger charge is -2.44. The van der Waals surface area contributed by atoms with E-state index in [4.69, 9.17) is 61.1 Å². The summed E-state index contributed by atoms with van der Waals surface area (Å²) in [5, 5.41) is 59.4. The molecule has 0 aromatic rings. The highest BCUT2D eigenvalue weighted by molar-refractivity contribution is 5.93. The van der Waals surface area contributed by atoms with Gasteiger partial charge in [0.2, 0.25) is 47.3 Å². The summed E-state index contributed by atoms with van der Waals surface area (Å²) >= 11 is 0. The zero-order valence-corrected chi connectivity index (χ0v) is 51.3. The third-order valence-electron chi connectivity index (χ3n) is 15.2. The largest absolute Gasteiger partial charge is 0.441 e. The molecule has 89 heavy (non-hydrogen) atoms. The molecule has 0 radical (unpaired) electrons. The van der Waals surface area contributed by atoms with Crippen LogP contribution >= 0.6 is 0 Å². The monoisotopic (exact) mass is 1270 g/mol. The molecular weight excluding hydrogens is 1160 g/mol. The van der Waals surface area contributed by atoms with E-state index in [9.17, 15) is 58.5 Å². The molecule has 10 unspecified atom stereocenters. The summed E-state index contributed by atoms with van der Waals surface area (Å²) in [6.07, 6.45) is 0.207. The molecular formula is C55H106N20O14. The number of aliphatic imine (C=N–C) groups is 1. The molecule has 0 saturated carbocycles. The molecule has 3 aliphatic rings. The number of hydrogen-bond donors (Lipinski definition) is 22. The second-order valence-electron chi connectivity index (χ2n) is 23.4. The standard InChI is InChI=1S/C55H106N20O14/c56-15-1-8-31(57)22-40(78)65-16-2-9-32(58)23-41(79)66-17-3-10-33(59)24-42(80)67-18-4-11-34(60)25-43(81)68-19-5-12-35(61)26-44(82)69-20-6-13-36(62)27-45(83)70-21-7-14-37(63)28-46(84)72-49-50(85)51(89-54(64)87)39(30-76)88-53(49)75-55-73-47-38(77)29-71-52(86)48(47)74-55/h31-39,47-51,53,76-77,85H,1-30,56-63H2,(H2,64,87)(H,65,78)(H,66,79)(H,67,80)(H,68,81)(H,69,82)(H,70,83)(H,71,86)(H,72,84)(H2,73,74,75)/t31?,32?,33?,34?,35?,36?,37?,38?,39-,47?,48?,49-,50-,51-,53-/m1/s1. The number of primary amides is 1. The molecule has 31 N–H and O–H groups in total. The summed E-state index contributed by atoms with van der Waals surface area (Å²) in [6, 6.07) is -6.00. The molecule has 0 bridgehead atoms. The number of piperidine rings is 1. The van der Waals surface area contributed by atoms with Crippen LogP contribution in [0.2, 0.25) is 0 Å². The minimum atomic E-state index is -1.66. The topological polar surface area (TPSA) is 600 Å². The number of nitrogens with zero attached hydrogens (tertiary/aromatic N) is 1. The van der Waals surface area contributed by atoms with Crippen molar-refractivity contribution in [2.45, 2.75) is 226 Å². The molecule has 34 nitrogen and oxygen atoms in total. The molecule has 2 saturated heterocycles. The lowest BCUT2D eigenvalue weighted by Crippen LogP contribution is -2.70.